The van der Waals surface area contributed by atoms with Gasteiger partial charge in [0.05, 0.1) is 24.8 Å². The summed E-state index contributed by atoms with van der Waals surface area (Å²) < 4.78 is 10.2. The van der Waals surface area contributed by atoms with Gasteiger partial charge in [-0.1, -0.05) is 32.4 Å². The molecule has 11 heteroatoms. The number of aromatic nitrogens is 1. The van der Waals surface area contributed by atoms with Crippen molar-refractivity contribution in [1.82, 2.24) is 20.9 Å². The van der Waals surface area contributed by atoms with Crippen molar-refractivity contribution in [2.24, 2.45) is 11.3 Å². The van der Waals surface area contributed by atoms with Crippen LogP contribution in [0.15, 0.2) is 18.2 Å². The van der Waals surface area contributed by atoms with Crippen LogP contribution in [-0.4, -0.2) is 60.5 Å². The van der Waals surface area contributed by atoms with Crippen LogP contribution < -0.4 is 20.7 Å². The van der Waals surface area contributed by atoms with Crippen LogP contribution in [0.3, 0.4) is 0 Å². The van der Waals surface area contributed by atoms with Gasteiger partial charge in [0.25, 0.3) is 5.91 Å². The Balaban J connectivity index is 1.51. The van der Waals surface area contributed by atoms with Crippen molar-refractivity contribution in [2.75, 3.05) is 14.2 Å². The first-order chi connectivity index (χ1) is 17.8. The SMILES string of the molecule is COC(=O)[C@H](C[C@@H]1CC2(CC2)NC1=O)NC(=O)[C@H](CC(C)(C)C)NC(=O)c1cc2cc(OC)cc(Cl)c2[nH]1. The van der Waals surface area contributed by atoms with Crippen LogP contribution in [0, 0.1) is 11.3 Å². The third kappa shape index (κ3) is 6.23. The largest absolute Gasteiger partial charge is 0.497 e. The number of amides is 3. The van der Waals surface area contributed by atoms with E-state index in [2.05, 4.69) is 20.9 Å². The summed E-state index contributed by atoms with van der Waals surface area (Å²) in [6.45, 7) is 5.85. The maximum Gasteiger partial charge on any atom is 0.328 e. The highest BCUT2D eigenvalue weighted by atomic mass is 35.5. The van der Waals surface area contributed by atoms with Gasteiger partial charge in [-0.15, -0.1) is 0 Å². The molecule has 2 aromatic rings. The normalized spacial score (nSPS) is 19.5. The molecule has 2 aliphatic rings. The van der Waals surface area contributed by atoms with E-state index in [9.17, 15) is 19.2 Å². The number of aromatic amines is 1. The molecule has 1 aliphatic carbocycles. The van der Waals surface area contributed by atoms with Gasteiger partial charge in [-0.05, 0) is 49.7 Å². The predicted octanol–water partition coefficient (Wildman–Crippen LogP) is 3.08. The Labute approximate surface area is 226 Å². The lowest BCUT2D eigenvalue weighted by Gasteiger charge is -2.28. The average molecular weight is 547 g/mol. The zero-order chi connectivity index (χ0) is 27.8. The maximum absolute atomic E-state index is 13.4. The maximum atomic E-state index is 13.4. The van der Waals surface area contributed by atoms with E-state index in [0.29, 0.717) is 34.5 Å². The van der Waals surface area contributed by atoms with Crippen LogP contribution in [-0.2, 0) is 19.1 Å². The highest BCUT2D eigenvalue weighted by molar-refractivity contribution is 6.35. The number of nitrogens with one attached hydrogen (secondary N) is 4. The van der Waals surface area contributed by atoms with E-state index in [1.807, 2.05) is 20.8 Å². The zero-order valence-electron chi connectivity index (χ0n) is 22.3. The van der Waals surface area contributed by atoms with Crippen molar-refractivity contribution >= 4 is 46.2 Å². The van der Waals surface area contributed by atoms with Gasteiger partial charge in [-0.25, -0.2) is 4.79 Å². The Hall–Kier alpha value is -3.27. The number of H-pyrrole nitrogens is 1. The summed E-state index contributed by atoms with van der Waals surface area (Å²) in [5.74, 6) is -1.62. The number of ether oxygens (including phenoxy) is 2. The number of hydrogen-bond acceptors (Lipinski definition) is 6. The summed E-state index contributed by atoms with van der Waals surface area (Å²) in [6.07, 6.45) is 2.92. The number of carbonyl (C=O) groups excluding carboxylic acids is 4. The highest BCUT2D eigenvalue weighted by Crippen LogP contribution is 2.46. The third-order valence-electron chi connectivity index (χ3n) is 7.14. The lowest BCUT2D eigenvalue weighted by atomic mass is 9.87. The number of halogens is 1. The van der Waals surface area contributed by atoms with Gasteiger partial charge in [0.15, 0.2) is 0 Å². The molecule has 38 heavy (non-hydrogen) atoms. The molecule has 0 unspecified atom stereocenters. The van der Waals surface area contributed by atoms with E-state index in [1.165, 1.54) is 14.2 Å². The molecular weight excluding hydrogens is 512 g/mol. The molecule has 1 aromatic carbocycles. The monoisotopic (exact) mass is 546 g/mol. The standard InChI is InChI=1S/C27H35ClN4O6/c1-26(2,3)13-20(31-23(34)18-9-14-8-16(37-4)11-17(28)21(14)29-18)24(35)30-19(25(36)38-5)10-15-12-27(6-7-27)32-22(15)33/h8-9,11,15,19-20,29H,6-7,10,12-13H2,1-5H3,(H,30,35)(H,31,34)(H,32,33)/t15-,19+,20+/m1/s1. The molecule has 1 saturated carbocycles. The first-order valence-corrected chi connectivity index (χ1v) is 13.1. The number of carbonyl (C=O) groups is 4. The second-order valence-electron chi connectivity index (χ2n) is 11.5. The number of hydrogen-bond donors (Lipinski definition) is 4. The van der Waals surface area contributed by atoms with E-state index < -0.39 is 35.8 Å². The minimum atomic E-state index is -1.02. The first-order valence-electron chi connectivity index (χ1n) is 12.7. The fraction of sp³-hybridized carbons (Fsp3) is 0.556. The summed E-state index contributed by atoms with van der Waals surface area (Å²) in [4.78, 5) is 54.7. The Bertz CT molecular complexity index is 1260. The fourth-order valence-corrected chi connectivity index (χ4v) is 5.30. The molecule has 4 rings (SSSR count). The molecule has 0 bridgehead atoms. The van der Waals surface area contributed by atoms with Gasteiger partial charge < -0.3 is 30.4 Å². The summed E-state index contributed by atoms with van der Waals surface area (Å²) in [5, 5.41) is 9.63. The van der Waals surface area contributed by atoms with Crippen LogP contribution in [0.2, 0.25) is 5.02 Å². The van der Waals surface area contributed by atoms with E-state index in [-0.39, 0.29) is 29.0 Å². The number of fused-ring (bicyclic) bond motifs is 1. The summed E-state index contributed by atoms with van der Waals surface area (Å²) >= 11 is 6.33. The van der Waals surface area contributed by atoms with E-state index >= 15 is 0 Å². The number of methoxy groups -OCH3 is 2. The lowest BCUT2D eigenvalue weighted by molar-refractivity contribution is -0.146. The van der Waals surface area contributed by atoms with E-state index in [4.69, 9.17) is 21.1 Å². The summed E-state index contributed by atoms with van der Waals surface area (Å²) in [6, 6.07) is 3.06. The van der Waals surface area contributed by atoms with Gasteiger partial charge in [0, 0.05) is 22.9 Å². The van der Waals surface area contributed by atoms with E-state index in [1.54, 1.807) is 18.2 Å². The third-order valence-corrected chi connectivity index (χ3v) is 7.44. The van der Waals surface area contributed by atoms with Gasteiger partial charge >= 0.3 is 5.97 Å². The fourth-order valence-electron chi connectivity index (χ4n) is 5.03. The zero-order valence-corrected chi connectivity index (χ0v) is 23.1. The van der Waals surface area contributed by atoms with Crippen molar-refractivity contribution < 1.29 is 28.7 Å². The van der Waals surface area contributed by atoms with Gasteiger partial charge in [0.2, 0.25) is 11.8 Å². The molecule has 1 spiro atoms. The van der Waals surface area contributed by atoms with Crippen LogP contribution in [0.4, 0.5) is 0 Å². The van der Waals surface area contributed by atoms with Crippen LogP contribution in [0.5, 0.6) is 5.75 Å². The molecule has 2 fully saturated rings. The molecule has 3 amide bonds. The topological polar surface area (TPSA) is 139 Å². The Kier molecular flexibility index (Phi) is 7.65. The molecule has 1 saturated heterocycles. The molecule has 1 aliphatic heterocycles. The second-order valence-corrected chi connectivity index (χ2v) is 11.9. The minimum absolute atomic E-state index is 0.112. The van der Waals surface area contributed by atoms with Gasteiger partial charge in [-0.2, -0.15) is 0 Å². The smallest absolute Gasteiger partial charge is 0.328 e. The number of benzene rings is 1. The van der Waals surface area contributed by atoms with Gasteiger partial charge in [-0.3, -0.25) is 14.4 Å². The molecule has 2 heterocycles. The van der Waals surface area contributed by atoms with Crippen molar-refractivity contribution in [3.63, 3.8) is 0 Å². The molecule has 10 nitrogen and oxygen atoms in total. The predicted molar refractivity (Wildman–Crippen MR) is 142 cm³/mol. The van der Waals surface area contributed by atoms with Crippen molar-refractivity contribution in [1.29, 1.82) is 0 Å². The second kappa shape index (κ2) is 10.5. The quantitative estimate of drug-likeness (QED) is 0.356. The molecule has 206 valence electrons. The first kappa shape index (κ1) is 27.8. The molecule has 1 aromatic heterocycles. The molecular formula is C27H35ClN4O6. The lowest BCUT2D eigenvalue weighted by Crippen LogP contribution is -2.53. The Morgan fingerprint density at radius 2 is 1.84 bits per heavy atom. The Morgan fingerprint density at radius 1 is 1.13 bits per heavy atom. The van der Waals surface area contributed by atoms with Crippen molar-refractivity contribution in [2.45, 2.75) is 70.5 Å². The molecule has 0 radical (unpaired) electrons. The van der Waals surface area contributed by atoms with Crippen LogP contribution in [0.25, 0.3) is 10.9 Å². The van der Waals surface area contributed by atoms with Crippen molar-refractivity contribution in [3.05, 3.63) is 28.9 Å². The molecule has 4 N–H and O–H groups in total. The van der Waals surface area contributed by atoms with Crippen molar-refractivity contribution in [3.8, 4) is 5.75 Å². The Morgan fingerprint density at radius 3 is 2.42 bits per heavy atom. The van der Waals surface area contributed by atoms with Gasteiger partial charge in [0.1, 0.15) is 23.5 Å². The number of rotatable bonds is 9. The van der Waals surface area contributed by atoms with Crippen LogP contribution >= 0.6 is 11.6 Å². The van der Waals surface area contributed by atoms with Crippen LogP contribution in [0.1, 0.15) is 63.4 Å². The summed E-state index contributed by atoms with van der Waals surface area (Å²) in [5.41, 5.74) is 0.325. The summed E-state index contributed by atoms with van der Waals surface area (Å²) in [7, 11) is 2.77. The van der Waals surface area contributed by atoms with E-state index in [0.717, 1.165) is 12.8 Å². The number of esters is 1. The average Bonchev–Trinajstić information content (AvgIpc) is 3.31. The highest BCUT2D eigenvalue weighted by Gasteiger charge is 2.53. The minimum Gasteiger partial charge on any atom is -0.497 e. The molecule has 3 atom stereocenters.